The molecule has 6 nitrogen and oxygen atoms in total. The third-order valence-electron chi connectivity index (χ3n) is 5.34. The van der Waals surface area contributed by atoms with Gasteiger partial charge >= 0.3 is 0 Å². The lowest BCUT2D eigenvalue weighted by molar-refractivity contribution is 0.415. The third-order valence-corrected chi connectivity index (χ3v) is 5.34. The molecule has 4 rings (SSSR count). The number of benzene rings is 1. The molecule has 0 aliphatic heterocycles. The first-order chi connectivity index (χ1) is 12.7. The Labute approximate surface area is 151 Å². The Hall–Kier alpha value is -2.76. The maximum atomic E-state index is 12.8. The summed E-state index contributed by atoms with van der Waals surface area (Å²) in [7, 11) is 3.67. The van der Waals surface area contributed by atoms with Crippen LogP contribution in [0.1, 0.15) is 32.1 Å². The number of aromatic amines is 1. The molecule has 1 aliphatic carbocycles. The van der Waals surface area contributed by atoms with Crippen LogP contribution in [-0.2, 0) is 0 Å². The van der Waals surface area contributed by atoms with Crippen molar-refractivity contribution < 1.29 is 9.15 Å². The number of nitrogens with one attached hydrogen (secondary N) is 1. The van der Waals surface area contributed by atoms with E-state index in [1.807, 2.05) is 6.07 Å². The van der Waals surface area contributed by atoms with Gasteiger partial charge in [-0.1, -0.05) is 19.3 Å². The minimum atomic E-state index is -0.0140. The molecule has 6 heteroatoms. The third kappa shape index (κ3) is 2.96. The van der Waals surface area contributed by atoms with Crippen molar-refractivity contribution in [1.29, 1.82) is 0 Å². The van der Waals surface area contributed by atoms with Crippen LogP contribution in [0.4, 0.5) is 5.82 Å². The number of oxazole rings is 1. The molecule has 0 saturated heterocycles. The van der Waals surface area contributed by atoms with Crippen molar-refractivity contribution in [2.75, 3.05) is 19.1 Å². The van der Waals surface area contributed by atoms with E-state index >= 15 is 0 Å². The standard InChI is InChI=1S/C20H23N3O3/c1-23(13-6-4-3-5-7-13)20-10-17(24)14-8-15(19-11-21-12-26-19)18(25-2)9-16(14)22-20/h8-13H,3-7H2,1-2H3,(H,22,24). The van der Waals surface area contributed by atoms with E-state index in [1.54, 1.807) is 25.4 Å². The highest BCUT2D eigenvalue weighted by Crippen LogP contribution is 2.33. The van der Waals surface area contributed by atoms with Gasteiger partial charge in [0, 0.05) is 30.6 Å². The molecule has 1 fully saturated rings. The van der Waals surface area contributed by atoms with Crippen LogP contribution in [0.2, 0.25) is 0 Å². The Kier molecular flexibility index (Phi) is 4.41. The number of pyridine rings is 1. The fourth-order valence-corrected chi connectivity index (χ4v) is 3.83. The molecule has 1 aliphatic rings. The molecule has 1 saturated carbocycles. The molecule has 2 aromatic heterocycles. The summed E-state index contributed by atoms with van der Waals surface area (Å²) >= 11 is 0. The molecule has 0 bridgehead atoms. The minimum absolute atomic E-state index is 0.0140. The smallest absolute Gasteiger partial charge is 0.191 e. The van der Waals surface area contributed by atoms with Crippen LogP contribution in [-0.4, -0.2) is 30.2 Å². The molecule has 26 heavy (non-hydrogen) atoms. The van der Waals surface area contributed by atoms with E-state index < -0.39 is 0 Å². The number of hydrogen-bond donors (Lipinski definition) is 1. The van der Waals surface area contributed by atoms with E-state index in [9.17, 15) is 4.79 Å². The first-order valence-corrected chi connectivity index (χ1v) is 9.04. The van der Waals surface area contributed by atoms with E-state index in [2.05, 4.69) is 21.9 Å². The number of nitrogens with zero attached hydrogens (tertiary/aromatic N) is 2. The van der Waals surface area contributed by atoms with Gasteiger partial charge in [-0.2, -0.15) is 0 Å². The maximum Gasteiger partial charge on any atom is 0.191 e. The fraction of sp³-hybridized carbons (Fsp3) is 0.400. The van der Waals surface area contributed by atoms with Crippen molar-refractivity contribution in [3.63, 3.8) is 0 Å². The second kappa shape index (κ2) is 6.86. The van der Waals surface area contributed by atoms with Gasteiger partial charge in [0.15, 0.2) is 17.6 Å². The first kappa shape index (κ1) is 16.7. The van der Waals surface area contributed by atoms with Crippen molar-refractivity contribution in [1.82, 2.24) is 9.97 Å². The summed E-state index contributed by atoms with van der Waals surface area (Å²) in [5.41, 5.74) is 1.46. The van der Waals surface area contributed by atoms with Gasteiger partial charge in [-0.05, 0) is 18.9 Å². The number of aromatic nitrogens is 2. The molecular weight excluding hydrogens is 330 g/mol. The maximum absolute atomic E-state index is 12.8. The molecule has 1 N–H and O–H groups in total. The van der Waals surface area contributed by atoms with E-state index in [-0.39, 0.29) is 5.43 Å². The van der Waals surface area contributed by atoms with Crippen LogP contribution in [0.15, 0.2) is 40.0 Å². The Balaban J connectivity index is 1.79. The number of ether oxygens (including phenoxy) is 1. The molecule has 1 aromatic carbocycles. The lowest BCUT2D eigenvalue weighted by atomic mass is 9.94. The van der Waals surface area contributed by atoms with Crippen molar-refractivity contribution in [3.05, 3.63) is 41.0 Å². The van der Waals surface area contributed by atoms with Crippen LogP contribution < -0.4 is 15.1 Å². The quantitative estimate of drug-likeness (QED) is 0.769. The average Bonchev–Trinajstić information content (AvgIpc) is 3.21. The van der Waals surface area contributed by atoms with Crippen molar-refractivity contribution in [3.8, 4) is 17.1 Å². The van der Waals surface area contributed by atoms with Crippen molar-refractivity contribution >= 4 is 16.7 Å². The predicted molar refractivity (Wildman–Crippen MR) is 102 cm³/mol. The minimum Gasteiger partial charge on any atom is -0.496 e. The molecule has 0 spiro atoms. The number of H-pyrrole nitrogens is 1. The zero-order chi connectivity index (χ0) is 18.1. The highest BCUT2D eigenvalue weighted by atomic mass is 16.5. The molecular formula is C20H23N3O3. The van der Waals surface area contributed by atoms with E-state index in [0.29, 0.717) is 22.9 Å². The number of hydrogen-bond acceptors (Lipinski definition) is 5. The Morgan fingerprint density at radius 2 is 2.04 bits per heavy atom. The zero-order valence-electron chi connectivity index (χ0n) is 15.1. The Bertz CT molecular complexity index is 956. The molecule has 2 heterocycles. The number of rotatable bonds is 4. The SMILES string of the molecule is COc1cc2[nH]c(N(C)C3CCCCC3)cc(=O)c2cc1-c1cnco1. The average molecular weight is 353 g/mol. The summed E-state index contributed by atoms with van der Waals surface area (Å²) in [6.07, 6.45) is 9.13. The summed E-state index contributed by atoms with van der Waals surface area (Å²) in [6.45, 7) is 0. The summed E-state index contributed by atoms with van der Waals surface area (Å²) < 4.78 is 10.9. The van der Waals surface area contributed by atoms with Gasteiger partial charge in [-0.25, -0.2) is 4.98 Å². The molecule has 0 radical (unpaired) electrons. The summed E-state index contributed by atoms with van der Waals surface area (Å²) in [6, 6.07) is 5.82. The lowest BCUT2D eigenvalue weighted by Crippen LogP contribution is -2.34. The lowest BCUT2D eigenvalue weighted by Gasteiger charge is -2.32. The van der Waals surface area contributed by atoms with Crippen molar-refractivity contribution in [2.24, 2.45) is 0 Å². The number of fused-ring (bicyclic) bond motifs is 1. The van der Waals surface area contributed by atoms with E-state index in [0.717, 1.165) is 16.9 Å². The van der Waals surface area contributed by atoms with Gasteiger partial charge in [0.2, 0.25) is 0 Å². The molecule has 0 amide bonds. The highest BCUT2D eigenvalue weighted by Gasteiger charge is 2.20. The van der Waals surface area contributed by atoms with Crippen LogP contribution in [0.5, 0.6) is 5.75 Å². The van der Waals surface area contributed by atoms with Crippen molar-refractivity contribution in [2.45, 2.75) is 38.1 Å². The van der Waals surface area contributed by atoms with Crippen LogP contribution in [0.3, 0.4) is 0 Å². The predicted octanol–water partition coefficient (Wildman–Crippen LogP) is 3.96. The highest BCUT2D eigenvalue weighted by molar-refractivity contribution is 5.88. The van der Waals surface area contributed by atoms with Gasteiger partial charge < -0.3 is 19.0 Å². The van der Waals surface area contributed by atoms with Gasteiger partial charge in [0.25, 0.3) is 0 Å². The van der Waals surface area contributed by atoms with Gasteiger partial charge in [0.05, 0.1) is 24.4 Å². The van der Waals surface area contributed by atoms with Crippen LogP contribution in [0.25, 0.3) is 22.2 Å². The molecule has 0 unspecified atom stereocenters. The molecule has 3 aromatic rings. The normalized spacial score (nSPS) is 15.3. The summed E-state index contributed by atoms with van der Waals surface area (Å²) in [5, 5.41) is 0.609. The second-order valence-electron chi connectivity index (χ2n) is 6.89. The van der Waals surface area contributed by atoms with E-state index in [1.165, 1.54) is 38.5 Å². The largest absolute Gasteiger partial charge is 0.496 e. The second-order valence-corrected chi connectivity index (χ2v) is 6.89. The fourth-order valence-electron chi connectivity index (χ4n) is 3.83. The van der Waals surface area contributed by atoms with Gasteiger partial charge in [-0.15, -0.1) is 0 Å². The van der Waals surface area contributed by atoms with E-state index in [4.69, 9.17) is 9.15 Å². The molecule has 0 atom stereocenters. The van der Waals surface area contributed by atoms with Gasteiger partial charge in [0.1, 0.15) is 11.6 Å². The summed E-state index contributed by atoms with van der Waals surface area (Å²) in [4.78, 5) is 22.3. The zero-order valence-corrected chi connectivity index (χ0v) is 15.1. The summed E-state index contributed by atoms with van der Waals surface area (Å²) in [5.74, 6) is 2.07. The van der Waals surface area contributed by atoms with Crippen LogP contribution >= 0.6 is 0 Å². The van der Waals surface area contributed by atoms with Crippen LogP contribution in [0, 0.1) is 0 Å². The Morgan fingerprint density at radius 3 is 2.73 bits per heavy atom. The monoisotopic (exact) mass is 353 g/mol. The van der Waals surface area contributed by atoms with Gasteiger partial charge in [-0.3, -0.25) is 4.79 Å². The molecule has 136 valence electrons. The topological polar surface area (TPSA) is 71.4 Å². The number of anilines is 1. The number of methoxy groups -OCH3 is 1. The first-order valence-electron chi connectivity index (χ1n) is 9.04. The Morgan fingerprint density at radius 1 is 1.23 bits per heavy atom.